The second-order valence-corrected chi connectivity index (χ2v) is 6.13. The number of benzene rings is 2. The summed E-state index contributed by atoms with van der Waals surface area (Å²) >= 11 is 11.6. The van der Waals surface area contributed by atoms with Crippen LogP contribution in [0.4, 0.5) is 18.9 Å². The Balaban J connectivity index is 2.02. The van der Waals surface area contributed by atoms with Gasteiger partial charge in [0, 0.05) is 15.7 Å². The van der Waals surface area contributed by atoms with Gasteiger partial charge in [-0.15, -0.1) is 0 Å². The van der Waals surface area contributed by atoms with Crippen molar-refractivity contribution in [2.24, 2.45) is 0 Å². The number of alkyl halides is 3. The van der Waals surface area contributed by atoms with Crippen LogP contribution >= 0.6 is 23.2 Å². The molecule has 26 heavy (non-hydrogen) atoms. The van der Waals surface area contributed by atoms with Crippen LogP contribution in [-0.4, -0.2) is 15.7 Å². The Morgan fingerprint density at radius 2 is 1.73 bits per heavy atom. The molecule has 9 heteroatoms. The van der Waals surface area contributed by atoms with Crippen molar-refractivity contribution in [2.75, 3.05) is 5.32 Å². The van der Waals surface area contributed by atoms with Crippen molar-refractivity contribution in [3.63, 3.8) is 0 Å². The summed E-state index contributed by atoms with van der Waals surface area (Å²) < 4.78 is 41.4. The Bertz CT molecular complexity index is 953. The number of hydrogen-bond donors (Lipinski definition) is 1. The molecule has 0 radical (unpaired) electrons. The van der Waals surface area contributed by atoms with Gasteiger partial charge in [0.05, 0.1) is 17.4 Å². The lowest BCUT2D eigenvalue weighted by atomic mass is 10.2. The molecule has 0 atom stereocenters. The molecule has 0 bridgehead atoms. The first kappa shape index (κ1) is 18.3. The highest BCUT2D eigenvalue weighted by Gasteiger charge is 2.40. The van der Waals surface area contributed by atoms with Crippen molar-refractivity contribution in [1.29, 1.82) is 0 Å². The Hall–Kier alpha value is -2.51. The van der Waals surface area contributed by atoms with Crippen LogP contribution < -0.4 is 5.32 Å². The molecule has 4 nitrogen and oxygen atoms in total. The predicted octanol–water partition coefficient (Wildman–Crippen LogP) is 5.45. The Morgan fingerprint density at radius 1 is 1.04 bits per heavy atom. The molecule has 3 aromatic rings. The third-order valence-electron chi connectivity index (χ3n) is 3.44. The molecule has 1 aromatic heterocycles. The van der Waals surface area contributed by atoms with Crippen LogP contribution in [0, 0.1) is 0 Å². The molecule has 0 aliphatic heterocycles. The van der Waals surface area contributed by atoms with Crippen LogP contribution in [0.3, 0.4) is 0 Å². The van der Waals surface area contributed by atoms with Crippen LogP contribution in [-0.2, 0) is 6.18 Å². The topological polar surface area (TPSA) is 46.9 Å². The Kier molecular flexibility index (Phi) is 4.93. The van der Waals surface area contributed by atoms with E-state index in [9.17, 15) is 18.0 Å². The number of carbonyl (C=O) groups excluding carboxylic acids is 1. The summed E-state index contributed by atoms with van der Waals surface area (Å²) in [7, 11) is 0. The summed E-state index contributed by atoms with van der Waals surface area (Å²) in [6, 6.07) is 11.7. The van der Waals surface area contributed by atoms with Gasteiger partial charge in [0.1, 0.15) is 0 Å². The second kappa shape index (κ2) is 7.01. The average Bonchev–Trinajstić information content (AvgIpc) is 3.01. The Labute approximate surface area is 156 Å². The number of carbonyl (C=O) groups is 1. The Morgan fingerprint density at radius 3 is 2.35 bits per heavy atom. The fourth-order valence-electron chi connectivity index (χ4n) is 2.33. The number of hydrogen-bond acceptors (Lipinski definition) is 2. The van der Waals surface area contributed by atoms with Gasteiger partial charge in [0.2, 0.25) is 0 Å². The predicted molar refractivity (Wildman–Crippen MR) is 93.0 cm³/mol. The van der Waals surface area contributed by atoms with Crippen LogP contribution in [0.1, 0.15) is 16.1 Å². The SMILES string of the molecule is O=C(Nc1cccc(Cl)c1)c1cnn(-c2ccc(Cl)cc2)c1C(F)(F)F. The van der Waals surface area contributed by atoms with Crippen molar-refractivity contribution in [1.82, 2.24) is 9.78 Å². The molecule has 0 fully saturated rings. The smallest absolute Gasteiger partial charge is 0.322 e. The number of nitrogens with zero attached hydrogens (tertiary/aromatic N) is 2. The monoisotopic (exact) mass is 399 g/mol. The first-order valence-corrected chi connectivity index (χ1v) is 7.99. The zero-order valence-corrected chi connectivity index (χ0v) is 14.4. The van der Waals surface area contributed by atoms with Gasteiger partial charge in [-0.1, -0.05) is 29.3 Å². The van der Waals surface area contributed by atoms with E-state index in [1.165, 1.54) is 36.4 Å². The summed E-state index contributed by atoms with van der Waals surface area (Å²) in [6.45, 7) is 0. The standard InChI is InChI=1S/C17H10Cl2F3N3O/c18-10-4-6-13(7-5-10)25-15(17(20,21)22)14(9-23-25)16(26)24-12-3-1-2-11(19)8-12/h1-9H,(H,24,26). The average molecular weight is 400 g/mol. The third kappa shape index (κ3) is 3.84. The van der Waals surface area contributed by atoms with Crippen molar-refractivity contribution in [3.05, 3.63) is 76.0 Å². The lowest BCUT2D eigenvalue weighted by Gasteiger charge is -2.13. The number of rotatable bonds is 3. The highest BCUT2D eigenvalue weighted by molar-refractivity contribution is 6.31. The van der Waals surface area contributed by atoms with Gasteiger partial charge in [-0.25, -0.2) is 4.68 Å². The molecular formula is C17H10Cl2F3N3O. The molecule has 0 aliphatic rings. The van der Waals surface area contributed by atoms with E-state index in [4.69, 9.17) is 23.2 Å². The molecule has 2 aromatic carbocycles. The summed E-state index contributed by atoms with van der Waals surface area (Å²) in [6.07, 6.45) is -3.92. The largest absolute Gasteiger partial charge is 0.434 e. The molecule has 1 amide bonds. The molecule has 0 saturated heterocycles. The van der Waals surface area contributed by atoms with Gasteiger partial charge in [-0.05, 0) is 42.5 Å². The van der Waals surface area contributed by atoms with E-state index in [0.29, 0.717) is 14.7 Å². The maximum absolute atomic E-state index is 13.6. The summed E-state index contributed by atoms with van der Waals surface area (Å²) in [5, 5.41) is 6.83. The molecule has 1 heterocycles. The first-order chi connectivity index (χ1) is 12.3. The fourth-order valence-corrected chi connectivity index (χ4v) is 2.65. The van der Waals surface area contributed by atoms with Crippen LogP contribution in [0.5, 0.6) is 0 Å². The number of nitrogens with one attached hydrogen (secondary N) is 1. The van der Waals surface area contributed by atoms with E-state index in [-0.39, 0.29) is 11.4 Å². The molecule has 0 spiro atoms. The zero-order valence-electron chi connectivity index (χ0n) is 12.9. The van der Waals surface area contributed by atoms with E-state index in [2.05, 4.69) is 10.4 Å². The van der Waals surface area contributed by atoms with Crippen molar-refractivity contribution in [2.45, 2.75) is 6.18 Å². The molecule has 134 valence electrons. The maximum atomic E-state index is 13.6. The molecule has 0 aliphatic carbocycles. The number of halogens is 5. The number of aromatic nitrogens is 2. The van der Waals surface area contributed by atoms with Gasteiger partial charge in [-0.2, -0.15) is 18.3 Å². The second-order valence-electron chi connectivity index (χ2n) is 5.26. The van der Waals surface area contributed by atoms with Gasteiger partial charge in [0.25, 0.3) is 5.91 Å². The van der Waals surface area contributed by atoms with Gasteiger partial charge >= 0.3 is 6.18 Å². The minimum Gasteiger partial charge on any atom is -0.322 e. The van der Waals surface area contributed by atoms with E-state index in [1.54, 1.807) is 12.1 Å². The molecule has 0 saturated carbocycles. The summed E-state index contributed by atoms with van der Waals surface area (Å²) in [4.78, 5) is 12.4. The van der Waals surface area contributed by atoms with Gasteiger partial charge in [-0.3, -0.25) is 4.79 Å². The lowest BCUT2D eigenvalue weighted by molar-refractivity contribution is -0.143. The third-order valence-corrected chi connectivity index (χ3v) is 3.92. The minimum absolute atomic E-state index is 0.128. The van der Waals surface area contributed by atoms with Crippen molar-refractivity contribution >= 4 is 34.8 Å². The quantitative estimate of drug-likeness (QED) is 0.636. The zero-order chi connectivity index (χ0) is 18.9. The fraction of sp³-hybridized carbons (Fsp3) is 0.0588. The highest BCUT2D eigenvalue weighted by atomic mass is 35.5. The number of amides is 1. The highest BCUT2D eigenvalue weighted by Crippen LogP contribution is 2.34. The summed E-state index contributed by atoms with van der Waals surface area (Å²) in [5.74, 6) is -0.945. The lowest BCUT2D eigenvalue weighted by Crippen LogP contribution is -2.20. The van der Waals surface area contributed by atoms with Crippen LogP contribution in [0.25, 0.3) is 5.69 Å². The summed E-state index contributed by atoms with van der Waals surface area (Å²) in [5.41, 5.74) is -1.38. The maximum Gasteiger partial charge on any atom is 0.434 e. The number of anilines is 1. The molecular weight excluding hydrogens is 390 g/mol. The van der Waals surface area contributed by atoms with Crippen molar-refractivity contribution < 1.29 is 18.0 Å². The molecule has 3 rings (SSSR count). The van der Waals surface area contributed by atoms with E-state index < -0.39 is 23.3 Å². The molecule has 1 N–H and O–H groups in total. The van der Waals surface area contributed by atoms with Crippen molar-refractivity contribution in [3.8, 4) is 5.69 Å². The minimum atomic E-state index is -4.79. The van der Waals surface area contributed by atoms with Gasteiger partial charge < -0.3 is 5.32 Å². The van der Waals surface area contributed by atoms with E-state index >= 15 is 0 Å². The first-order valence-electron chi connectivity index (χ1n) is 7.24. The van der Waals surface area contributed by atoms with E-state index in [1.807, 2.05) is 0 Å². The molecule has 0 unspecified atom stereocenters. The van der Waals surface area contributed by atoms with Crippen LogP contribution in [0.2, 0.25) is 10.0 Å². The van der Waals surface area contributed by atoms with Crippen LogP contribution in [0.15, 0.2) is 54.7 Å². The van der Waals surface area contributed by atoms with Gasteiger partial charge in [0.15, 0.2) is 5.69 Å². The van der Waals surface area contributed by atoms with E-state index in [0.717, 1.165) is 6.20 Å². The normalized spacial score (nSPS) is 11.4.